The predicted molar refractivity (Wildman–Crippen MR) is 105 cm³/mol. The minimum Gasteiger partial charge on any atom is -0.499 e. The Morgan fingerprint density at radius 2 is 1.89 bits per heavy atom. The molecule has 1 heterocycles. The molecule has 1 N–H and O–H groups in total. The highest BCUT2D eigenvalue weighted by molar-refractivity contribution is 5.97. The lowest BCUT2D eigenvalue weighted by atomic mass is 10.2. The molecule has 0 spiro atoms. The third kappa shape index (κ3) is 4.23. The topological polar surface area (TPSA) is 86.0 Å². The molecule has 0 unspecified atom stereocenters. The van der Waals surface area contributed by atoms with Crippen LogP contribution >= 0.6 is 0 Å². The summed E-state index contributed by atoms with van der Waals surface area (Å²) in [5, 5.41) is 10.4. The molecule has 2 aromatic carbocycles. The van der Waals surface area contributed by atoms with Gasteiger partial charge in [-0.05, 0) is 37.1 Å². The van der Waals surface area contributed by atoms with Crippen molar-refractivity contribution in [3.05, 3.63) is 76.7 Å². The Hall–Kier alpha value is -3.54. The third-order valence-corrected chi connectivity index (χ3v) is 3.97. The fourth-order valence-corrected chi connectivity index (χ4v) is 2.65. The summed E-state index contributed by atoms with van der Waals surface area (Å²) in [6.07, 6.45) is 5.66. The highest BCUT2D eigenvalue weighted by Gasteiger charge is 2.22. The summed E-state index contributed by atoms with van der Waals surface area (Å²) in [7, 11) is 0. The highest BCUT2D eigenvalue weighted by Crippen LogP contribution is 2.38. The molecule has 6 heteroatoms. The van der Waals surface area contributed by atoms with E-state index in [0.29, 0.717) is 18.8 Å². The summed E-state index contributed by atoms with van der Waals surface area (Å²) < 4.78 is 16.3. The quantitative estimate of drug-likeness (QED) is 0.282. The lowest BCUT2D eigenvalue weighted by molar-refractivity contribution is 0.0731. The molecule has 0 fully saturated rings. The Morgan fingerprint density at radius 3 is 2.64 bits per heavy atom. The monoisotopic (exact) mass is 380 g/mol. The first kappa shape index (κ1) is 19.2. The Kier molecular flexibility index (Phi) is 6.11. The van der Waals surface area contributed by atoms with Gasteiger partial charge >= 0.3 is 11.6 Å². The Bertz CT molecular complexity index is 1050. The molecular weight excluding hydrogens is 360 g/mol. The fourth-order valence-electron chi connectivity index (χ4n) is 2.65. The van der Waals surface area contributed by atoms with Crippen LogP contribution in [0.3, 0.4) is 0 Å². The van der Waals surface area contributed by atoms with Crippen LogP contribution in [0.1, 0.15) is 30.1 Å². The molecule has 0 saturated heterocycles. The summed E-state index contributed by atoms with van der Waals surface area (Å²) >= 11 is 0. The standard InChI is InChI=1S/C22H20O6/c1-2-3-4-8-14-26-16-12-9-13-17-18(16)20(19(23)22(25)27-17)28-21(24)15-10-6-5-7-11-15/h3-7,9-13,23H,2,8,14H2,1H3. The van der Waals surface area contributed by atoms with Crippen LogP contribution in [0.2, 0.25) is 0 Å². The smallest absolute Gasteiger partial charge is 0.382 e. The molecule has 3 rings (SSSR count). The number of carbonyl (C=O) groups excluding carboxylic acids is 1. The molecule has 3 aromatic rings. The van der Waals surface area contributed by atoms with E-state index in [4.69, 9.17) is 13.9 Å². The normalized spacial score (nSPS) is 11.0. The minimum atomic E-state index is -0.994. The van der Waals surface area contributed by atoms with Crippen molar-refractivity contribution in [2.75, 3.05) is 6.61 Å². The molecule has 0 aliphatic heterocycles. The molecule has 28 heavy (non-hydrogen) atoms. The van der Waals surface area contributed by atoms with Gasteiger partial charge in [0.1, 0.15) is 16.7 Å². The van der Waals surface area contributed by atoms with Gasteiger partial charge in [-0.25, -0.2) is 9.59 Å². The zero-order valence-electron chi connectivity index (χ0n) is 15.4. The van der Waals surface area contributed by atoms with Gasteiger partial charge in [0.2, 0.25) is 5.75 Å². The van der Waals surface area contributed by atoms with E-state index in [1.807, 2.05) is 19.1 Å². The van der Waals surface area contributed by atoms with E-state index >= 15 is 0 Å². The lowest BCUT2D eigenvalue weighted by Gasteiger charge is -2.12. The van der Waals surface area contributed by atoms with E-state index < -0.39 is 17.3 Å². The summed E-state index contributed by atoms with van der Waals surface area (Å²) in [4.78, 5) is 24.4. The molecule has 0 atom stereocenters. The van der Waals surface area contributed by atoms with Crippen LogP contribution in [0.15, 0.2) is 69.9 Å². The van der Waals surface area contributed by atoms with Gasteiger partial charge < -0.3 is 19.0 Å². The number of esters is 1. The molecular formula is C22H20O6. The number of ether oxygens (including phenoxy) is 2. The zero-order valence-corrected chi connectivity index (χ0v) is 15.4. The number of allylic oxidation sites excluding steroid dienone is 1. The third-order valence-electron chi connectivity index (χ3n) is 3.97. The number of fused-ring (bicyclic) bond motifs is 1. The average Bonchev–Trinajstić information content (AvgIpc) is 2.71. The Morgan fingerprint density at radius 1 is 1.11 bits per heavy atom. The largest absolute Gasteiger partial charge is 0.499 e. The van der Waals surface area contributed by atoms with Crippen molar-refractivity contribution in [1.82, 2.24) is 0 Å². The van der Waals surface area contributed by atoms with Crippen LogP contribution in [0.5, 0.6) is 17.2 Å². The summed E-state index contributed by atoms with van der Waals surface area (Å²) in [5.41, 5.74) is -0.557. The van der Waals surface area contributed by atoms with Gasteiger partial charge in [0.05, 0.1) is 12.2 Å². The number of aromatic hydroxyl groups is 1. The Labute approximate surface area is 161 Å². The van der Waals surface area contributed by atoms with Gasteiger partial charge in [-0.15, -0.1) is 0 Å². The van der Waals surface area contributed by atoms with E-state index in [0.717, 1.165) is 6.42 Å². The van der Waals surface area contributed by atoms with Gasteiger partial charge in [-0.3, -0.25) is 0 Å². The van der Waals surface area contributed by atoms with Crippen LogP contribution in [0.25, 0.3) is 11.0 Å². The summed E-state index contributed by atoms with van der Waals surface area (Å²) in [5.74, 6) is -1.42. The maximum Gasteiger partial charge on any atom is 0.382 e. The van der Waals surface area contributed by atoms with Crippen molar-refractivity contribution < 1.29 is 23.8 Å². The highest BCUT2D eigenvalue weighted by atomic mass is 16.5. The SMILES string of the molecule is CCC=CCCOc1cccc2oc(=O)c(O)c(OC(=O)c3ccccc3)c12. The zero-order chi connectivity index (χ0) is 19.9. The van der Waals surface area contributed by atoms with Crippen LogP contribution in [0.4, 0.5) is 0 Å². The van der Waals surface area contributed by atoms with Crippen molar-refractivity contribution in [2.45, 2.75) is 19.8 Å². The molecule has 0 radical (unpaired) electrons. The maximum atomic E-state index is 12.4. The number of carbonyl (C=O) groups is 1. The van der Waals surface area contributed by atoms with Gasteiger partial charge in [-0.2, -0.15) is 0 Å². The number of hydrogen-bond acceptors (Lipinski definition) is 6. The van der Waals surface area contributed by atoms with Gasteiger partial charge in [0.15, 0.2) is 5.75 Å². The van der Waals surface area contributed by atoms with Gasteiger partial charge in [-0.1, -0.05) is 43.3 Å². The molecule has 144 valence electrons. The number of rotatable bonds is 7. The second-order valence-electron chi connectivity index (χ2n) is 5.97. The van der Waals surface area contributed by atoms with Crippen LogP contribution in [-0.4, -0.2) is 17.7 Å². The van der Waals surface area contributed by atoms with Crippen LogP contribution in [-0.2, 0) is 0 Å². The van der Waals surface area contributed by atoms with E-state index in [-0.39, 0.29) is 22.3 Å². The molecule has 0 aliphatic carbocycles. The molecule has 0 amide bonds. The first-order valence-corrected chi connectivity index (χ1v) is 8.95. The second kappa shape index (κ2) is 8.90. The van der Waals surface area contributed by atoms with Crippen molar-refractivity contribution in [3.63, 3.8) is 0 Å². The molecule has 0 bridgehead atoms. The molecule has 0 saturated carbocycles. The fraction of sp³-hybridized carbons (Fsp3) is 0.182. The molecule has 0 aliphatic rings. The first-order valence-electron chi connectivity index (χ1n) is 8.95. The molecule has 1 aromatic heterocycles. The van der Waals surface area contributed by atoms with Crippen molar-refractivity contribution >= 4 is 16.9 Å². The Balaban J connectivity index is 1.99. The van der Waals surface area contributed by atoms with Crippen molar-refractivity contribution in [1.29, 1.82) is 0 Å². The van der Waals surface area contributed by atoms with Gasteiger partial charge in [0, 0.05) is 0 Å². The molecule has 6 nitrogen and oxygen atoms in total. The van der Waals surface area contributed by atoms with E-state index in [1.54, 1.807) is 48.5 Å². The van der Waals surface area contributed by atoms with E-state index in [1.165, 1.54) is 0 Å². The predicted octanol–water partition coefficient (Wildman–Crippen LogP) is 4.45. The maximum absolute atomic E-state index is 12.4. The van der Waals surface area contributed by atoms with Crippen LogP contribution in [0, 0.1) is 0 Å². The summed E-state index contributed by atoms with van der Waals surface area (Å²) in [6.45, 7) is 2.42. The summed E-state index contributed by atoms with van der Waals surface area (Å²) in [6, 6.07) is 13.1. The average molecular weight is 380 g/mol. The van der Waals surface area contributed by atoms with E-state index in [9.17, 15) is 14.7 Å². The minimum absolute atomic E-state index is 0.153. The number of benzene rings is 2. The number of hydrogen-bond donors (Lipinski definition) is 1. The van der Waals surface area contributed by atoms with Crippen molar-refractivity contribution in [2.24, 2.45) is 0 Å². The van der Waals surface area contributed by atoms with E-state index in [2.05, 4.69) is 0 Å². The lowest BCUT2D eigenvalue weighted by Crippen LogP contribution is -2.11. The van der Waals surface area contributed by atoms with Crippen LogP contribution < -0.4 is 15.1 Å². The van der Waals surface area contributed by atoms with Gasteiger partial charge in [0.25, 0.3) is 0 Å². The second-order valence-corrected chi connectivity index (χ2v) is 5.97. The van der Waals surface area contributed by atoms with Crippen molar-refractivity contribution in [3.8, 4) is 17.2 Å². The first-order chi connectivity index (χ1) is 13.6.